The molecule has 0 bridgehead atoms. The summed E-state index contributed by atoms with van der Waals surface area (Å²) in [5.74, 6) is -4.36. The molecule has 0 radical (unpaired) electrons. The fourth-order valence-electron chi connectivity index (χ4n) is 5.23. The largest absolute Gasteiger partial charge is 0.459 e. The van der Waals surface area contributed by atoms with Crippen LogP contribution < -0.4 is 27.0 Å². The Labute approximate surface area is 295 Å². The summed E-state index contributed by atoms with van der Waals surface area (Å²) < 4.78 is 5.48. The fraction of sp³-hybridized carbons (Fsp3) is 0.410. The first-order valence-corrected chi connectivity index (χ1v) is 17.1. The minimum absolute atomic E-state index is 0.0534. The molecule has 50 heavy (non-hydrogen) atoms. The second-order valence-corrected chi connectivity index (χ2v) is 13.3. The van der Waals surface area contributed by atoms with Gasteiger partial charge in [-0.05, 0) is 48.3 Å². The summed E-state index contributed by atoms with van der Waals surface area (Å²) >= 11 is 0. The fourth-order valence-corrected chi connectivity index (χ4v) is 5.23. The number of amides is 4. The van der Waals surface area contributed by atoms with E-state index in [0.717, 1.165) is 16.7 Å². The van der Waals surface area contributed by atoms with Gasteiger partial charge in [0.2, 0.25) is 23.6 Å². The van der Waals surface area contributed by atoms with Gasteiger partial charge >= 0.3 is 5.97 Å². The van der Waals surface area contributed by atoms with Crippen LogP contribution in [-0.2, 0) is 48.2 Å². The number of carbonyl (C=O) groups excluding carboxylic acids is 5. The van der Waals surface area contributed by atoms with E-state index in [1.807, 2.05) is 105 Å². The third-order valence-corrected chi connectivity index (χ3v) is 8.12. The molecule has 6 N–H and O–H groups in total. The Kier molecular flexibility index (Phi) is 15.6. The minimum Gasteiger partial charge on any atom is -0.459 e. The van der Waals surface area contributed by atoms with Gasteiger partial charge in [-0.3, -0.25) is 19.2 Å². The number of ether oxygens (including phenoxy) is 1. The van der Waals surface area contributed by atoms with E-state index < -0.39 is 59.8 Å². The van der Waals surface area contributed by atoms with Crippen LogP contribution in [0, 0.1) is 17.8 Å². The molecular formula is C39H51N5O6. The van der Waals surface area contributed by atoms with Gasteiger partial charge in [0, 0.05) is 6.42 Å². The van der Waals surface area contributed by atoms with E-state index in [1.165, 1.54) is 6.92 Å². The number of carbonyl (C=O) groups is 5. The van der Waals surface area contributed by atoms with Crippen LogP contribution in [0.4, 0.5) is 0 Å². The Morgan fingerprint density at radius 3 is 1.60 bits per heavy atom. The number of esters is 1. The molecular weight excluding hydrogens is 634 g/mol. The maximum atomic E-state index is 13.6. The maximum Gasteiger partial charge on any atom is 0.328 e. The van der Waals surface area contributed by atoms with E-state index in [1.54, 1.807) is 13.8 Å². The standard InChI is InChI=1S/C39H51N5O6/c1-25(2)21-32(39(49)50-24-30-19-13-8-14-20-30)41-35(45)27(5)36(46)42-33(23-29-17-11-7-12-18-29)43-38(48)34(26(3)4)44-37(47)31(40)22-28-15-9-6-10-16-28/h6-20,25-27,31-34H,21-24,40H2,1-5H3,(H,41,45)(H,42,46)(H,43,48)(H,44,47)/t27?,31-,32-,33+,34-/m0/s1. The smallest absolute Gasteiger partial charge is 0.328 e. The van der Waals surface area contributed by atoms with Gasteiger partial charge in [-0.2, -0.15) is 0 Å². The Bertz CT molecular complexity index is 1530. The molecule has 4 amide bonds. The quantitative estimate of drug-likeness (QED) is 0.0777. The van der Waals surface area contributed by atoms with Crippen molar-refractivity contribution in [3.05, 3.63) is 108 Å². The molecule has 0 aliphatic carbocycles. The van der Waals surface area contributed by atoms with Crippen molar-refractivity contribution in [1.29, 1.82) is 0 Å². The summed E-state index contributed by atoms with van der Waals surface area (Å²) in [6, 6.07) is 25.0. The van der Waals surface area contributed by atoms with Gasteiger partial charge in [0.15, 0.2) is 0 Å². The van der Waals surface area contributed by atoms with Crippen molar-refractivity contribution in [1.82, 2.24) is 21.3 Å². The first kappa shape index (κ1) is 39.4. The lowest BCUT2D eigenvalue weighted by Gasteiger charge is -2.28. The van der Waals surface area contributed by atoms with Gasteiger partial charge in [-0.25, -0.2) is 4.79 Å². The van der Waals surface area contributed by atoms with Gasteiger partial charge in [-0.1, -0.05) is 119 Å². The zero-order valence-corrected chi connectivity index (χ0v) is 29.6. The van der Waals surface area contributed by atoms with Crippen molar-refractivity contribution < 1.29 is 28.7 Å². The second-order valence-electron chi connectivity index (χ2n) is 13.3. The van der Waals surface area contributed by atoms with E-state index >= 15 is 0 Å². The van der Waals surface area contributed by atoms with Crippen LogP contribution in [0.2, 0.25) is 0 Å². The van der Waals surface area contributed by atoms with E-state index in [9.17, 15) is 24.0 Å². The molecule has 0 aliphatic rings. The van der Waals surface area contributed by atoms with Crippen LogP contribution in [0.5, 0.6) is 0 Å². The van der Waals surface area contributed by atoms with Crippen LogP contribution in [0.15, 0.2) is 91.0 Å². The van der Waals surface area contributed by atoms with Crippen molar-refractivity contribution in [2.45, 2.75) is 84.8 Å². The molecule has 0 aromatic heterocycles. The lowest BCUT2D eigenvalue weighted by atomic mass is 10.0. The van der Waals surface area contributed by atoms with Gasteiger partial charge in [-0.15, -0.1) is 0 Å². The van der Waals surface area contributed by atoms with E-state index in [4.69, 9.17) is 10.5 Å². The molecule has 11 nitrogen and oxygen atoms in total. The van der Waals surface area contributed by atoms with Crippen LogP contribution in [0.1, 0.15) is 57.7 Å². The van der Waals surface area contributed by atoms with E-state index in [2.05, 4.69) is 21.3 Å². The molecule has 0 fully saturated rings. The average Bonchev–Trinajstić information content (AvgIpc) is 3.09. The average molecular weight is 686 g/mol. The summed E-state index contributed by atoms with van der Waals surface area (Å²) in [6.45, 7) is 8.91. The highest BCUT2D eigenvalue weighted by atomic mass is 16.5. The molecule has 268 valence electrons. The first-order chi connectivity index (χ1) is 23.8. The number of hydrogen-bond acceptors (Lipinski definition) is 7. The van der Waals surface area contributed by atoms with Gasteiger partial charge in [0.25, 0.3) is 0 Å². The van der Waals surface area contributed by atoms with E-state index in [0.29, 0.717) is 12.8 Å². The number of nitrogens with two attached hydrogens (primary N) is 1. The van der Waals surface area contributed by atoms with Crippen molar-refractivity contribution >= 4 is 29.6 Å². The predicted molar refractivity (Wildman–Crippen MR) is 192 cm³/mol. The number of nitrogens with one attached hydrogen (secondary N) is 4. The summed E-state index contributed by atoms with van der Waals surface area (Å²) in [4.78, 5) is 66.4. The Morgan fingerprint density at radius 1 is 0.600 bits per heavy atom. The summed E-state index contributed by atoms with van der Waals surface area (Å²) in [5, 5.41) is 11.1. The Balaban J connectivity index is 1.68. The molecule has 3 aromatic carbocycles. The molecule has 0 saturated heterocycles. The zero-order valence-electron chi connectivity index (χ0n) is 29.6. The van der Waals surface area contributed by atoms with Crippen LogP contribution >= 0.6 is 0 Å². The lowest BCUT2D eigenvalue weighted by Crippen LogP contribution is -2.59. The van der Waals surface area contributed by atoms with Gasteiger partial charge < -0.3 is 31.7 Å². The molecule has 0 heterocycles. The van der Waals surface area contributed by atoms with Crippen molar-refractivity contribution in [2.24, 2.45) is 23.5 Å². The SMILES string of the molecule is CC(C)C[C@H](NC(=O)C(C)C(=O)N[C@@H](Cc1ccccc1)NC(=O)[C@@H](NC(=O)[C@@H](N)Cc1ccccc1)C(C)C)C(=O)OCc1ccccc1. The predicted octanol–water partition coefficient (Wildman–Crippen LogP) is 3.41. The Morgan fingerprint density at radius 2 is 1.08 bits per heavy atom. The molecule has 3 aromatic rings. The third-order valence-electron chi connectivity index (χ3n) is 8.12. The minimum atomic E-state index is -1.21. The molecule has 11 heteroatoms. The van der Waals surface area contributed by atoms with E-state index in [-0.39, 0.29) is 24.9 Å². The summed E-state index contributed by atoms with van der Waals surface area (Å²) in [5.41, 5.74) is 8.71. The highest BCUT2D eigenvalue weighted by Crippen LogP contribution is 2.12. The monoisotopic (exact) mass is 685 g/mol. The van der Waals surface area contributed by atoms with Gasteiger partial charge in [0.1, 0.15) is 30.8 Å². The van der Waals surface area contributed by atoms with Gasteiger partial charge in [0.05, 0.1) is 6.04 Å². The lowest BCUT2D eigenvalue weighted by molar-refractivity contribution is -0.150. The summed E-state index contributed by atoms with van der Waals surface area (Å²) in [6.07, 6.45) is -0.0986. The molecule has 1 unspecified atom stereocenters. The molecule has 0 aliphatic heterocycles. The molecule has 3 rings (SSSR count). The first-order valence-electron chi connectivity index (χ1n) is 17.1. The number of benzene rings is 3. The maximum absolute atomic E-state index is 13.6. The van der Waals surface area contributed by atoms with Crippen LogP contribution in [0.25, 0.3) is 0 Å². The zero-order chi connectivity index (χ0) is 36.6. The highest BCUT2D eigenvalue weighted by molar-refractivity contribution is 6.01. The second kappa shape index (κ2) is 19.8. The van der Waals surface area contributed by atoms with Crippen molar-refractivity contribution in [2.75, 3.05) is 0 Å². The molecule has 0 spiro atoms. The Hall–Kier alpha value is -5.03. The topological polar surface area (TPSA) is 169 Å². The van der Waals surface area contributed by atoms with Crippen molar-refractivity contribution in [3.8, 4) is 0 Å². The molecule has 5 atom stereocenters. The number of rotatable bonds is 18. The molecule has 0 saturated carbocycles. The summed E-state index contributed by atoms with van der Waals surface area (Å²) in [7, 11) is 0. The van der Waals surface area contributed by atoms with Crippen LogP contribution in [-0.4, -0.2) is 53.9 Å². The third kappa shape index (κ3) is 13.1. The number of hydrogen-bond donors (Lipinski definition) is 5. The highest BCUT2D eigenvalue weighted by Gasteiger charge is 2.32. The van der Waals surface area contributed by atoms with Crippen molar-refractivity contribution in [3.63, 3.8) is 0 Å². The van der Waals surface area contributed by atoms with Crippen LogP contribution in [0.3, 0.4) is 0 Å². The normalized spacial score (nSPS) is 14.1.